The number of aromatic nitrogens is 2. The van der Waals surface area contributed by atoms with Crippen molar-refractivity contribution in [2.45, 2.75) is 46.5 Å². The van der Waals surface area contributed by atoms with Gasteiger partial charge >= 0.3 is 0 Å². The summed E-state index contributed by atoms with van der Waals surface area (Å²) in [6.45, 7) is 10.4. The molecule has 0 radical (unpaired) electrons. The SMILES string of the molecule is CCN(CC)CCc1noc(CCC(C)CCN)n1. The molecule has 0 amide bonds. The number of nitrogens with two attached hydrogens (primary N) is 1. The van der Waals surface area contributed by atoms with Crippen molar-refractivity contribution in [1.29, 1.82) is 0 Å². The van der Waals surface area contributed by atoms with Gasteiger partial charge in [0.1, 0.15) is 0 Å². The van der Waals surface area contributed by atoms with Gasteiger partial charge in [-0.3, -0.25) is 0 Å². The molecule has 0 aromatic carbocycles. The molecule has 1 heterocycles. The molecule has 2 N–H and O–H groups in total. The smallest absolute Gasteiger partial charge is 0.226 e. The molecule has 0 aliphatic heterocycles. The van der Waals surface area contributed by atoms with Crippen molar-refractivity contribution in [2.75, 3.05) is 26.2 Å². The lowest BCUT2D eigenvalue weighted by Crippen LogP contribution is -2.25. The van der Waals surface area contributed by atoms with Crippen LogP contribution in [0.15, 0.2) is 4.52 Å². The van der Waals surface area contributed by atoms with Gasteiger partial charge in [0.2, 0.25) is 5.89 Å². The van der Waals surface area contributed by atoms with E-state index in [0.717, 1.165) is 63.6 Å². The van der Waals surface area contributed by atoms with Gasteiger partial charge < -0.3 is 15.2 Å². The van der Waals surface area contributed by atoms with Crippen LogP contribution in [0.25, 0.3) is 0 Å². The number of hydrogen-bond donors (Lipinski definition) is 1. The first-order valence-corrected chi connectivity index (χ1v) is 7.43. The maximum atomic E-state index is 5.54. The fourth-order valence-corrected chi connectivity index (χ4v) is 2.09. The van der Waals surface area contributed by atoms with Crippen LogP contribution in [0, 0.1) is 5.92 Å². The highest BCUT2D eigenvalue weighted by atomic mass is 16.5. The van der Waals surface area contributed by atoms with Gasteiger partial charge in [-0.05, 0) is 38.4 Å². The van der Waals surface area contributed by atoms with Crippen LogP contribution in [0.3, 0.4) is 0 Å². The van der Waals surface area contributed by atoms with E-state index < -0.39 is 0 Å². The van der Waals surface area contributed by atoms with E-state index in [1.807, 2.05) is 0 Å². The lowest BCUT2D eigenvalue weighted by atomic mass is 10.0. The second kappa shape index (κ2) is 9.04. The van der Waals surface area contributed by atoms with Crippen molar-refractivity contribution < 1.29 is 4.52 Å². The molecule has 1 unspecified atom stereocenters. The van der Waals surface area contributed by atoms with Crippen LogP contribution in [0.5, 0.6) is 0 Å². The molecule has 1 aromatic heterocycles. The van der Waals surface area contributed by atoms with E-state index in [9.17, 15) is 0 Å². The van der Waals surface area contributed by atoms with Gasteiger partial charge in [-0.25, -0.2) is 0 Å². The monoisotopic (exact) mass is 268 g/mol. The quantitative estimate of drug-likeness (QED) is 0.701. The number of rotatable bonds is 10. The number of nitrogens with zero attached hydrogens (tertiary/aromatic N) is 3. The van der Waals surface area contributed by atoms with Crippen LogP contribution >= 0.6 is 0 Å². The molecule has 0 spiro atoms. The van der Waals surface area contributed by atoms with Gasteiger partial charge in [0.25, 0.3) is 0 Å². The highest BCUT2D eigenvalue weighted by Gasteiger charge is 2.09. The van der Waals surface area contributed by atoms with Gasteiger partial charge in [-0.1, -0.05) is 25.9 Å². The molecule has 1 rings (SSSR count). The molecule has 1 atom stereocenters. The molecule has 110 valence electrons. The zero-order valence-electron chi connectivity index (χ0n) is 12.6. The van der Waals surface area contributed by atoms with Crippen LogP contribution in [0.4, 0.5) is 0 Å². The third kappa shape index (κ3) is 6.16. The third-order valence-electron chi connectivity index (χ3n) is 3.57. The summed E-state index contributed by atoms with van der Waals surface area (Å²) in [5.74, 6) is 2.21. The Hall–Kier alpha value is -0.940. The zero-order chi connectivity index (χ0) is 14.1. The molecule has 1 aromatic rings. The molecule has 0 aliphatic rings. The third-order valence-corrected chi connectivity index (χ3v) is 3.57. The van der Waals surface area contributed by atoms with Crippen molar-refractivity contribution >= 4 is 0 Å². The molecular formula is C14H28N4O. The summed E-state index contributed by atoms with van der Waals surface area (Å²) in [6, 6.07) is 0. The molecule has 19 heavy (non-hydrogen) atoms. The van der Waals surface area contributed by atoms with Crippen LogP contribution in [-0.2, 0) is 12.8 Å². The van der Waals surface area contributed by atoms with E-state index in [1.54, 1.807) is 0 Å². The maximum absolute atomic E-state index is 5.54. The Morgan fingerprint density at radius 3 is 2.58 bits per heavy atom. The van der Waals surface area contributed by atoms with Crippen LogP contribution in [0.2, 0.25) is 0 Å². The summed E-state index contributed by atoms with van der Waals surface area (Å²) < 4.78 is 5.28. The molecule has 0 saturated carbocycles. The Morgan fingerprint density at radius 1 is 1.21 bits per heavy atom. The van der Waals surface area contributed by atoms with E-state index in [-0.39, 0.29) is 0 Å². The zero-order valence-corrected chi connectivity index (χ0v) is 12.6. The summed E-state index contributed by atoms with van der Waals surface area (Å²) in [7, 11) is 0. The van der Waals surface area contributed by atoms with Gasteiger partial charge in [0.05, 0.1) is 0 Å². The van der Waals surface area contributed by atoms with Crippen molar-refractivity contribution in [3.05, 3.63) is 11.7 Å². The Bertz CT molecular complexity index is 336. The highest BCUT2D eigenvalue weighted by molar-refractivity contribution is 4.87. The number of hydrogen-bond acceptors (Lipinski definition) is 5. The largest absolute Gasteiger partial charge is 0.339 e. The molecule has 5 heteroatoms. The van der Waals surface area contributed by atoms with Gasteiger partial charge in [-0.15, -0.1) is 0 Å². The molecule has 5 nitrogen and oxygen atoms in total. The van der Waals surface area contributed by atoms with Gasteiger partial charge in [0, 0.05) is 19.4 Å². The minimum atomic E-state index is 0.621. The average Bonchev–Trinajstić information content (AvgIpc) is 2.86. The molecule has 0 bridgehead atoms. The Balaban J connectivity index is 2.31. The highest BCUT2D eigenvalue weighted by Crippen LogP contribution is 2.11. The van der Waals surface area contributed by atoms with E-state index >= 15 is 0 Å². The fourth-order valence-electron chi connectivity index (χ4n) is 2.09. The van der Waals surface area contributed by atoms with E-state index in [4.69, 9.17) is 10.3 Å². The molecule has 0 aliphatic carbocycles. The summed E-state index contributed by atoms with van der Waals surface area (Å²) in [4.78, 5) is 6.81. The Morgan fingerprint density at radius 2 is 1.95 bits per heavy atom. The second-order valence-corrected chi connectivity index (χ2v) is 5.10. The van der Waals surface area contributed by atoms with E-state index in [0.29, 0.717) is 5.92 Å². The Kier molecular flexibility index (Phi) is 7.67. The summed E-state index contributed by atoms with van der Waals surface area (Å²) >= 11 is 0. The fraction of sp³-hybridized carbons (Fsp3) is 0.857. The van der Waals surface area contributed by atoms with Crippen molar-refractivity contribution in [3.8, 4) is 0 Å². The van der Waals surface area contributed by atoms with Gasteiger partial charge in [0.15, 0.2) is 5.82 Å². The average molecular weight is 268 g/mol. The molecule has 0 saturated heterocycles. The lowest BCUT2D eigenvalue weighted by Gasteiger charge is -2.16. The van der Waals surface area contributed by atoms with Crippen molar-refractivity contribution in [1.82, 2.24) is 15.0 Å². The summed E-state index contributed by atoms with van der Waals surface area (Å²) in [6.07, 6.45) is 3.85. The van der Waals surface area contributed by atoms with Crippen molar-refractivity contribution in [3.63, 3.8) is 0 Å². The standard InChI is InChI=1S/C14H28N4O/c1-4-18(5-2)11-9-13-16-14(19-17-13)7-6-12(3)8-10-15/h12H,4-11,15H2,1-3H3. The first-order chi connectivity index (χ1) is 9.19. The summed E-state index contributed by atoms with van der Waals surface area (Å²) in [5, 5.41) is 4.04. The Labute approximate surface area is 116 Å². The predicted molar refractivity (Wildman–Crippen MR) is 76.9 cm³/mol. The van der Waals surface area contributed by atoms with Crippen LogP contribution in [-0.4, -0.2) is 41.2 Å². The first-order valence-electron chi connectivity index (χ1n) is 7.43. The minimum Gasteiger partial charge on any atom is -0.339 e. The van der Waals surface area contributed by atoms with Crippen LogP contribution < -0.4 is 5.73 Å². The normalized spacial score (nSPS) is 13.1. The molecular weight excluding hydrogens is 240 g/mol. The van der Waals surface area contributed by atoms with Crippen molar-refractivity contribution in [2.24, 2.45) is 11.7 Å². The topological polar surface area (TPSA) is 68.2 Å². The second-order valence-electron chi connectivity index (χ2n) is 5.10. The number of aryl methyl sites for hydroxylation is 1. The molecule has 0 fully saturated rings. The number of likely N-dealkylation sites (N-methyl/N-ethyl adjacent to an activating group) is 1. The predicted octanol–water partition coefficient (Wildman–Crippen LogP) is 1.87. The first kappa shape index (κ1) is 16.1. The maximum Gasteiger partial charge on any atom is 0.226 e. The van der Waals surface area contributed by atoms with Crippen LogP contribution in [0.1, 0.15) is 45.3 Å². The van der Waals surface area contributed by atoms with E-state index in [2.05, 4.69) is 35.8 Å². The lowest BCUT2D eigenvalue weighted by molar-refractivity contribution is 0.302. The summed E-state index contributed by atoms with van der Waals surface area (Å²) in [5.41, 5.74) is 5.54. The minimum absolute atomic E-state index is 0.621. The van der Waals surface area contributed by atoms with E-state index in [1.165, 1.54) is 0 Å². The van der Waals surface area contributed by atoms with Gasteiger partial charge in [-0.2, -0.15) is 4.98 Å².